The standard InChI is InChI=1S/C11H17NO2S2/c1-5-7-12(8-6-2)11(15)16-9(3)10(13)14-4/h5-6,9H,1-2,7-8H2,3-4H3. The Morgan fingerprint density at radius 3 is 2.38 bits per heavy atom. The summed E-state index contributed by atoms with van der Waals surface area (Å²) in [6, 6.07) is 0. The van der Waals surface area contributed by atoms with Gasteiger partial charge in [0.05, 0.1) is 7.11 Å². The van der Waals surface area contributed by atoms with E-state index in [0.29, 0.717) is 17.4 Å². The highest BCUT2D eigenvalue weighted by atomic mass is 32.2. The van der Waals surface area contributed by atoms with Gasteiger partial charge in [-0.3, -0.25) is 4.79 Å². The lowest BCUT2D eigenvalue weighted by Crippen LogP contribution is -2.30. The van der Waals surface area contributed by atoms with Crippen LogP contribution in [0.2, 0.25) is 0 Å². The van der Waals surface area contributed by atoms with E-state index in [1.807, 2.05) is 4.90 Å². The molecule has 0 aromatic carbocycles. The van der Waals surface area contributed by atoms with Crippen molar-refractivity contribution in [1.29, 1.82) is 0 Å². The van der Waals surface area contributed by atoms with E-state index >= 15 is 0 Å². The van der Waals surface area contributed by atoms with Crippen molar-refractivity contribution in [3.05, 3.63) is 25.3 Å². The minimum Gasteiger partial charge on any atom is -0.468 e. The molecule has 0 aromatic rings. The number of nitrogens with zero attached hydrogens (tertiary/aromatic N) is 1. The SMILES string of the molecule is C=CCN(CC=C)C(=S)SC(C)C(=O)OC. The number of carbonyl (C=O) groups excluding carboxylic acids is 1. The van der Waals surface area contributed by atoms with Gasteiger partial charge >= 0.3 is 5.97 Å². The minimum absolute atomic E-state index is 0.274. The van der Waals surface area contributed by atoms with Gasteiger partial charge in [-0.25, -0.2) is 0 Å². The molecule has 0 fully saturated rings. The van der Waals surface area contributed by atoms with Crippen molar-refractivity contribution in [3.8, 4) is 0 Å². The maximum atomic E-state index is 11.2. The summed E-state index contributed by atoms with van der Waals surface area (Å²) in [5.74, 6) is -0.274. The molecule has 0 aliphatic rings. The lowest BCUT2D eigenvalue weighted by atomic mass is 10.5. The van der Waals surface area contributed by atoms with Crippen molar-refractivity contribution in [3.63, 3.8) is 0 Å². The first kappa shape index (κ1) is 15.2. The molecule has 0 bridgehead atoms. The fourth-order valence-electron chi connectivity index (χ4n) is 0.975. The molecule has 0 saturated heterocycles. The van der Waals surface area contributed by atoms with E-state index in [1.54, 1.807) is 19.1 Å². The number of hydrogen-bond acceptors (Lipinski definition) is 4. The quantitative estimate of drug-likeness (QED) is 0.414. The third-order valence-corrected chi connectivity index (χ3v) is 3.32. The molecule has 0 aliphatic heterocycles. The second kappa shape index (κ2) is 8.35. The Labute approximate surface area is 107 Å². The van der Waals surface area contributed by atoms with Crippen molar-refractivity contribution in [2.24, 2.45) is 0 Å². The van der Waals surface area contributed by atoms with Crippen molar-refractivity contribution >= 4 is 34.3 Å². The number of ether oxygens (including phenoxy) is 1. The van der Waals surface area contributed by atoms with Gasteiger partial charge in [0, 0.05) is 13.1 Å². The summed E-state index contributed by atoms with van der Waals surface area (Å²) in [6.45, 7) is 10.4. The largest absolute Gasteiger partial charge is 0.468 e. The zero-order valence-electron chi connectivity index (χ0n) is 9.64. The average molecular weight is 259 g/mol. The normalized spacial score (nSPS) is 11.4. The van der Waals surface area contributed by atoms with Crippen molar-refractivity contribution < 1.29 is 9.53 Å². The fraction of sp³-hybridized carbons (Fsp3) is 0.455. The van der Waals surface area contributed by atoms with Crippen LogP contribution in [0, 0.1) is 0 Å². The molecule has 0 aliphatic carbocycles. The Bertz CT molecular complexity index is 269. The Kier molecular flexibility index (Phi) is 7.93. The first-order valence-electron chi connectivity index (χ1n) is 4.82. The van der Waals surface area contributed by atoms with Gasteiger partial charge in [-0.1, -0.05) is 36.1 Å². The molecular weight excluding hydrogens is 242 g/mol. The molecule has 16 heavy (non-hydrogen) atoms. The number of methoxy groups -OCH3 is 1. The predicted molar refractivity (Wildman–Crippen MR) is 73.6 cm³/mol. The molecule has 1 unspecified atom stereocenters. The zero-order valence-corrected chi connectivity index (χ0v) is 11.3. The third-order valence-electron chi connectivity index (χ3n) is 1.77. The van der Waals surface area contributed by atoms with Crippen LogP contribution in [0.4, 0.5) is 0 Å². The van der Waals surface area contributed by atoms with Crippen LogP contribution in [-0.2, 0) is 9.53 Å². The van der Waals surface area contributed by atoms with E-state index in [9.17, 15) is 4.79 Å². The van der Waals surface area contributed by atoms with Gasteiger partial charge in [-0.2, -0.15) is 0 Å². The smallest absolute Gasteiger partial charge is 0.318 e. The Morgan fingerprint density at radius 2 is 2.00 bits per heavy atom. The summed E-state index contributed by atoms with van der Waals surface area (Å²) in [6.07, 6.45) is 3.53. The number of rotatable bonds is 6. The van der Waals surface area contributed by atoms with Gasteiger partial charge in [0.25, 0.3) is 0 Å². The van der Waals surface area contributed by atoms with Crippen LogP contribution in [0.15, 0.2) is 25.3 Å². The topological polar surface area (TPSA) is 29.5 Å². The molecular formula is C11H17NO2S2. The molecule has 90 valence electrons. The highest BCUT2D eigenvalue weighted by Gasteiger charge is 2.18. The van der Waals surface area contributed by atoms with Gasteiger partial charge in [-0.05, 0) is 6.92 Å². The lowest BCUT2D eigenvalue weighted by Gasteiger charge is -2.22. The minimum atomic E-state index is -0.297. The number of thioether (sulfide) groups is 1. The molecule has 0 rings (SSSR count). The van der Waals surface area contributed by atoms with Crippen LogP contribution < -0.4 is 0 Å². The third kappa shape index (κ3) is 5.32. The van der Waals surface area contributed by atoms with E-state index in [2.05, 4.69) is 17.9 Å². The van der Waals surface area contributed by atoms with Gasteiger partial charge < -0.3 is 9.64 Å². The van der Waals surface area contributed by atoms with Gasteiger partial charge in [0.15, 0.2) is 0 Å². The number of hydrogen-bond donors (Lipinski definition) is 0. The van der Waals surface area contributed by atoms with Crippen molar-refractivity contribution in [2.45, 2.75) is 12.2 Å². The van der Waals surface area contributed by atoms with Gasteiger partial charge in [0.1, 0.15) is 9.57 Å². The summed E-state index contributed by atoms with van der Waals surface area (Å²) in [4.78, 5) is 13.1. The molecule has 3 nitrogen and oxygen atoms in total. The second-order valence-electron chi connectivity index (χ2n) is 3.03. The summed E-state index contributed by atoms with van der Waals surface area (Å²) in [5, 5.41) is -0.297. The molecule has 0 saturated carbocycles. The molecule has 0 N–H and O–H groups in total. The number of carbonyl (C=O) groups is 1. The number of thiocarbonyl (C=S) groups is 1. The molecule has 0 spiro atoms. The molecule has 0 radical (unpaired) electrons. The van der Waals surface area contributed by atoms with Gasteiger partial charge in [0.2, 0.25) is 0 Å². The predicted octanol–water partition coefficient (Wildman–Crippen LogP) is 2.24. The summed E-state index contributed by atoms with van der Waals surface area (Å²) >= 11 is 6.54. The molecule has 5 heteroatoms. The Morgan fingerprint density at radius 1 is 1.50 bits per heavy atom. The van der Waals surface area contributed by atoms with Crippen molar-refractivity contribution in [1.82, 2.24) is 4.90 Å². The van der Waals surface area contributed by atoms with Crippen LogP contribution in [0.25, 0.3) is 0 Å². The average Bonchev–Trinajstić information content (AvgIpc) is 2.27. The van der Waals surface area contributed by atoms with Crippen LogP contribution in [0.1, 0.15) is 6.92 Å². The van der Waals surface area contributed by atoms with Crippen LogP contribution in [0.5, 0.6) is 0 Å². The molecule has 0 heterocycles. The highest BCUT2D eigenvalue weighted by molar-refractivity contribution is 8.23. The molecule has 0 amide bonds. The molecule has 0 aromatic heterocycles. The van der Waals surface area contributed by atoms with E-state index in [4.69, 9.17) is 12.2 Å². The maximum absolute atomic E-state index is 11.2. The lowest BCUT2D eigenvalue weighted by molar-refractivity contribution is -0.139. The zero-order chi connectivity index (χ0) is 12.6. The van der Waals surface area contributed by atoms with E-state index in [1.165, 1.54) is 18.9 Å². The Balaban J connectivity index is 4.33. The number of esters is 1. The van der Waals surface area contributed by atoms with Gasteiger partial charge in [-0.15, -0.1) is 13.2 Å². The first-order chi connectivity index (χ1) is 7.56. The summed E-state index contributed by atoms with van der Waals surface area (Å²) < 4.78 is 5.28. The van der Waals surface area contributed by atoms with E-state index in [0.717, 1.165) is 0 Å². The molecule has 1 atom stereocenters. The van der Waals surface area contributed by atoms with E-state index < -0.39 is 0 Å². The fourth-order valence-corrected chi connectivity index (χ4v) is 2.35. The monoisotopic (exact) mass is 259 g/mol. The second-order valence-corrected chi connectivity index (χ2v) is 5.01. The first-order valence-corrected chi connectivity index (χ1v) is 6.10. The van der Waals surface area contributed by atoms with Crippen LogP contribution >= 0.6 is 24.0 Å². The van der Waals surface area contributed by atoms with Crippen molar-refractivity contribution in [2.75, 3.05) is 20.2 Å². The summed E-state index contributed by atoms with van der Waals surface area (Å²) in [5.41, 5.74) is 0. The Hall–Kier alpha value is -0.810. The maximum Gasteiger partial charge on any atom is 0.318 e. The highest BCUT2D eigenvalue weighted by Crippen LogP contribution is 2.17. The van der Waals surface area contributed by atoms with E-state index in [-0.39, 0.29) is 11.2 Å². The van der Waals surface area contributed by atoms with Crippen LogP contribution in [0.3, 0.4) is 0 Å². The summed E-state index contributed by atoms with van der Waals surface area (Å²) in [7, 11) is 1.37. The van der Waals surface area contributed by atoms with Crippen LogP contribution in [-0.4, -0.2) is 40.6 Å².